The number of hydrogen-bond donors (Lipinski definition) is 2. The fourth-order valence-electron chi connectivity index (χ4n) is 4.94. The van der Waals surface area contributed by atoms with Crippen LogP contribution >= 0.6 is 0 Å². The average Bonchev–Trinajstić information content (AvgIpc) is 3.47. The van der Waals surface area contributed by atoms with Crippen LogP contribution in [0.15, 0.2) is 24.4 Å². The first-order valence-electron chi connectivity index (χ1n) is 11.7. The molecule has 182 valence electrons. The van der Waals surface area contributed by atoms with Crippen LogP contribution in [0.1, 0.15) is 50.1 Å². The summed E-state index contributed by atoms with van der Waals surface area (Å²) in [6.45, 7) is 2.38. The van der Waals surface area contributed by atoms with Gasteiger partial charge in [0.2, 0.25) is 11.9 Å². The number of benzene rings is 1. The summed E-state index contributed by atoms with van der Waals surface area (Å²) in [5.41, 5.74) is 5.75. The number of anilines is 3. The van der Waals surface area contributed by atoms with Gasteiger partial charge in [0, 0.05) is 19.1 Å². The van der Waals surface area contributed by atoms with E-state index < -0.39 is 17.6 Å². The highest BCUT2D eigenvalue weighted by Crippen LogP contribution is 2.38. The summed E-state index contributed by atoms with van der Waals surface area (Å²) in [4.78, 5) is 15.9. The Kier molecular flexibility index (Phi) is 6.05. The summed E-state index contributed by atoms with van der Waals surface area (Å²) in [7, 11) is 0. The summed E-state index contributed by atoms with van der Waals surface area (Å²) in [5, 5.41) is 2.83. The van der Waals surface area contributed by atoms with Crippen LogP contribution in [0, 0.1) is 11.7 Å². The van der Waals surface area contributed by atoms with Crippen LogP contribution in [0.2, 0.25) is 0 Å². The number of hydrogen-bond acceptors (Lipinski definition) is 6. The molecular weight excluding hydrogens is 450 g/mol. The molecule has 7 nitrogen and oxygen atoms in total. The monoisotopic (exact) mass is 477 g/mol. The van der Waals surface area contributed by atoms with E-state index in [1.54, 1.807) is 6.20 Å². The van der Waals surface area contributed by atoms with Crippen molar-refractivity contribution in [2.24, 2.45) is 11.7 Å². The highest BCUT2D eigenvalue weighted by atomic mass is 19.4. The number of nitrogens with one attached hydrogen (secondary N) is 1. The first-order chi connectivity index (χ1) is 16.3. The molecule has 3 N–H and O–H groups in total. The molecule has 1 aliphatic carbocycles. The molecule has 1 saturated heterocycles. The van der Waals surface area contributed by atoms with E-state index in [-0.39, 0.29) is 17.7 Å². The summed E-state index contributed by atoms with van der Waals surface area (Å²) < 4.78 is 56.1. The number of alkyl halides is 3. The minimum atomic E-state index is -4.58. The molecule has 5 rings (SSSR count). The highest BCUT2D eigenvalue weighted by molar-refractivity contribution is 5.77. The zero-order chi connectivity index (χ0) is 23.9. The summed E-state index contributed by atoms with van der Waals surface area (Å²) in [6.07, 6.45) is 2.72. The van der Waals surface area contributed by atoms with Crippen molar-refractivity contribution in [3.8, 4) is 0 Å². The molecule has 2 fully saturated rings. The standard InChI is InChI=1S/C23H27F4N7/c24-17-8-5-15(23(25,26)27)11-18(17)30-22-31-19-13-29-21(33-9-1-2-10-33)32-20(19)34(22)16-6-3-14(12-28)4-7-16/h5,8,11,13-14,16H,1-4,6-7,9-10,12,28H2,(H,30,31)/t14-,16-. The lowest BCUT2D eigenvalue weighted by atomic mass is 9.86. The Bertz CT molecular complexity index is 1160. The predicted octanol–water partition coefficient (Wildman–Crippen LogP) is 5.02. The molecule has 0 radical (unpaired) electrons. The minimum absolute atomic E-state index is 0.0190. The fourth-order valence-corrected chi connectivity index (χ4v) is 4.94. The molecule has 3 aromatic rings. The molecule has 0 bridgehead atoms. The van der Waals surface area contributed by atoms with Crippen LogP contribution in [0.3, 0.4) is 0 Å². The highest BCUT2D eigenvalue weighted by Gasteiger charge is 2.32. The lowest BCUT2D eigenvalue weighted by molar-refractivity contribution is -0.137. The van der Waals surface area contributed by atoms with Gasteiger partial charge in [0.05, 0.1) is 17.4 Å². The van der Waals surface area contributed by atoms with Gasteiger partial charge in [-0.1, -0.05) is 0 Å². The number of aromatic nitrogens is 4. The second-order valence-electron chi connectivity index (χ2n) is 9.11. The van der Waals surface area contributed by atoms with E-state index in [2.05, 4.69) is 20.2 Å². The zero-order valence-corrected chi connectivity index (χ0v) is 18.7. The smallest absolute Gasteiger partial charge is 0.341 e. The van der Waals surface area contributed by atoms with Gasteiger partial charge in [0.15, 0.2) is 5.65 Å². The SMILES string of the molecule is NC[C@H]1CC[C@H](n2c(Nc3cc(C(F)(F)F)ccc3F)nc3cnc(N4CCCC4)nc32)CC1. The molecular formula is C23H27F4N7. The van der Waals surface area contributed by atoms with Crippen molar-refractivity contribution in [2.45, 2.75) is 50.7 Å². The molecule has 0 atom stereocenters. The average molecular weight is 478 g/mol. The normalized spacial score (nSPS) is 21.4. The quantitative estimate of drug-likeness (QED) is 0.502. The maximum absolute atomic E-state index is 14.5. The van der Waals surface area contributed by atoms with Gasteiger partial charge in [-0.15, -0.1) is 0 Å². The summed E-state index contributed by atoms with van der Waals surface area (Å²) in [5.74, 6) is 0.524. The largest absolute Gasteiger partial charge is 0.416 e. The van der Waals surface area contributed by atoms with Gasteiger partial charge < -0.3 is 16.0 Å². The van der Waals surface area contributed by atoms with Gasteiger partial charge in [-0.2, -0.15) is 18.2 Å². The van der Waals surface area contributed by atoms with E-state index in [9.17, 15) is 17.6 Å². The number of imidazole rings is 1. The Morgan fingerprint density at radius 2 is 1.79 bits per heavy atom. The van der Waals surface area contributed by atoms with Gasteiger partial charge >= 0.3 is 6.18 Å². The van der Waals surface area contributed by atoms with E-state index in [1.165, 1.54) is 0 Å². The molecule has 0 spiro atoms. The third-order valence-corrected chi connectivity index (χ3v) is 6.86. The van der Waals surface area contributed by atoms with Gasteiger partial charge in [-0.25, -0.2) is 14.4 Å². The molecule has 0 unspecified atom stereocenters. The first kappa shape index (κ1) is 22.8. The third kappa shape index (κ3) is 4.40. The summed E-state index contributed by atoms with van der Waals surface area (Å²) in [6, 6.07) is 2.33. The summed E-state index contributed by atoms with van der Waals surface area (Å²) >= 11 is 0. The predicted molar refractivity (Wildman–Crippen MR) is 122 cm³/mol. The van der Waals surface area contributed by atoms with Crippen molar-refractivity contribution in [3.05, 3.63) is 35.8 Å². The Hall–Kier alpha value is -2.95. The third-order valence-electron chi connectivity index (χ3n) is 6.86. The van der Waals surface area contributed by atoms with E-state index in [4.69, 9.17) is 10.7 Å². The van der Waals surface area contributed by atoms with E-state index >= 15 is 0 Å². The van der Waals surface area contributed by atoms with Crippen molar-refractivity contribution in [3.63, 3.8) is 0 Å². The van der Waals surface area contributed by atoms with Crippen LogP contribution < -0.4 is 16.0 Å². The van der Waals surface area contributed by atoms with Crippen LogP contribution in [0.25, 0.3) is 11.2 Å². The molecule has 3 heterocycles. The number of nitrogens with two attached hydrogens (primary N) is 1. The Balaban J connectivity index is 1.57. The molecule has 0 amide bonds. The Labute approximate surface area is 194 Å². The van der Waals surface area contributed by atoms with Gasteiger partial charge in [0.25, 0.3) is 0 Å². The van der Waals surface area contributed by atoms with Gasteiger partial charge in [-0.3, -0.25) is 4.57 Å². The van der Waals surface area contributed by atoms with Crippen molar-refractivity contribution in [1.82, 2.24) is 19.5 Å². The Morgan fingerprint density at radius 3 is 2.47 bits per heavy atom. The van der Waals surface area contributed by atoms with Crippen molar-refractivity contribution in [2.75, 3.05) is 29.9 Å². The maximum atomic E-state index is 14.5. The zero-order valence-electron chi connectivity index (χ0n) is 18.7. The van der Waals surface area contributed by atoms with E-state index in [0.29, 0.717) is 29.6 Å². The number of halogens is 4. The molecule has 34 heavy (non-hydrogen) atoms. The lowest BCUT2D eigenvalue weighted by Gasteiger charge is -2.30. The van der Waals surface area contributed by atoms with Crippen LogP contribution in [0.4, 0.5) is 35.1 Å². The van der Waals surface area contributed by atoms with Gasteiger partial charge in [-0.05, 0) is 69.2 Å². The van der Waals surface area contributed by atoms with E-state index in [0.717, 1.165) is 69.8 Å². The molecule has 1 aliphatic heterocycles. The molecule has 1 aromatic carbocycles. The van der Waals surface area contributed by atoms with Crippen LogP contribution in [-0.2, 0) is 6.18 Å². The second-order valence-corrected chi connectivity index (χ2v) is 9.11. The van der Waals surface area contributed by atoms with Gasteiger partial charge in [0.1, 0.15) is 11.3 Å². The minimum Gasteiger partial charge on any atom is -0.341 e. The maximum Gasteiger partial charge on any atom is 0.416 e. The molecule has 11 heteroatoms. The number of nitrogens with zero attached hydrogens (tertiary/aromatic N) is 5. The second kappa shape index (κ2) is 9.01. The van der Waals surface area contributed by atoms with Crippen molar-refractivity contribution >= 4 is 28.7 Å². The van der Waals surface area contributed by atoms with Crippen LogP contribution in [0.5, 0.6) is 0 Å². The van der Waals surface area contributed by atoms with Crippen LogP contribution in [-0.4, -0.2) is 39.2 Å². The van der Waals surface area contributed by atoms with Crippen molar-refractivity contribution < 1.29 is 17.6 Å². The van der Waals surface area contributed by atoms with E-state index in [1.807, 2.05) is 4.57 Å². The van der Waals surface area contributed by atoms with Crippen molar-refractivity contribution in [1.29, 1.82) is 0 Å². The number of rotatable bonds is 5. The number of fused-ring (bicyclic) bond motifs is 1. The fraction of sp³-hybridized carbons (Fsp3) is 0.522. The first-order valence-corrected chi connectivity index (χ1v) is 11.7. The molecule has 2 aliphatic rings. The Morgan fingerprint density at radius 1 is 1.06 bits per heavy atom. The topological polar surface area (TPSA) is 84.9 Å². The lowest BCUT2D eigenvalue weighted by Crippen LogP contribution is -2.24. The molecule has 2 aromatic heterocycles. The molecule has 1 saturated carbocycles.